The lowest BCUT2D eigenvalue weighted by molar-refractivity contribution is -0.137. The summed E-state index contributed by atoms with van der Waals surface area (Å²) in [5.41, 5.74) is 6.55. The molecule has 21 heavy (non-hydrogen) atoms. The third-order valence-electron chi connectivity index (χ3n) is 2.93. The van der Waals surface area contributed by atoms with E-state index in [1.54, 1.807) is 18.2 Å². The molecule has 0 atom stereocenters. The predicted molar refractivity (Wildman–Crippen MR) is 75.0 cm³/mol. The van der Waals surface area contributed by atoms with Crippen molar-refractivity contribution in [1.82, 2.24) is 0 Å². The number of nitriles is 1. The molecule has 0 spiro atoms. The summed E-state index contributed by atoms with van der Waals surface area (Å²) in [6.07, 6.45) is -4.58. The molecule has 0 aliphatic heterocycles. The summed E-state index contributed by atoms with van der Waals surface area (Å²) >= 11 is 0. The van der Waals surface area contributed by atoms with Crippen molar-refractivity contribution in [3.63, 3.8) is 0 Å². The Balaban J connectivity index is 2.40. The van der Waals surface area contributed by atoms with Crippen LogP contribution in [0.5, 0.6) is 0 Å². The fraction of sp³-hybridized carbons (Fsp3) is 0.133. The minimum Gasteiger partial charge on any atom is -0.397 e. The second-order valence-electron chi connectivity index (χ2n) is 4.59. The molecule has 0 bridgehead atoms. The van der Waals surface area contributed by atoms with Gasteiger partial charge in [0.25, 0.3) is 0 Å². The van der Waals surface area contributed by atoms with Crippen molar-refractivity contribution in [2.45, 2.75) is 13.1 Å². The quantitative estimate of drug-likeness (QED) is 0.815. The average Bonchev–Trinajstić information content (AvgIpc) is 2.41. The Kier molecular flexibility index (Phi) is 3.76. The number of benzene rings is 2. The smallest absolute Gasteiger partial charge is 0.397 e. The van der Waals surface area contributed by atoms with Gasteiger partial charge in [0, 0.05) is 5.69 Å². The number of nitrogens with zero attached hydrogens (tertiary/aromatic N) is 1. The zero-order valence-corrected chi connectivity index (χ0v) is 11.1. The first-order valence-electron chi connectivity index (χ1n) is 6.06. The summed E-state index contributed by atoms with van der Waals surface area (Å²) in [5.74, 6) is 0. The van der Waals surface area contributed by atoms with Gasteiger partial charge in [-0.3, -0.25) is 0 Å². The second kappa shape index (κ2) is 5.37. The highest BCUT2D eigenvalue weighted by Gasteiger charge is 2.33. The van der Waals surface area contributed by atoms with E-state index in [2.05, 4.69) is 5.32 Å². The van der Waals surface area contributed by atoms with Crippen LogP contribution in [0.2, 0.25) is 0 Å². The standard InChI is InChI=1S/C15H12F3N3/c1-9-2-5-14(13(20)6-9)21-11-4-3-10(8-19)12(7-11)15(16,17)18/h2-7,21H,20H2,1H3. The van der Waals surface area contributed by atoms with Crippen LogP contribution in [0.1, 0.15) is 16.7 Å². The monoisotopic (exact) mass is 291 g/mol. The van der Waals surface area contributed by atoms with E-state index in [1.165, 1.54) is 12.1 Å². The van der Waals surface area contributed by atoms with Crippen molar-refractivity contribution in [3.05, 3.63) is 53.1 Å². The molecule has 2 aromatic rings. The number of halogens is 3. The summed E-state index contributed by atoms with van der Waals surface area (Å²) in [6, 6.07) is 10.2. The van der Waals surface area contributed by atoms with Gasteiger partial charge in [0.2, 0.25) is 0 Å². The third kappa shape index (κ3) is 3.26. The Bertz CT molecular complexity index is 715. The molecule has 108 valence electrons. The molecule has 0 unspecified atom stereocenters. The van der Waals surface area contributed by atoms with Gasteiger partial charge in [0.05, 0.1) is 28.6 Å². The Labute approximate surface area is 119 Å². The number of nitrogen functional groups attached to an aromatic ring is 1. The van der Waals surface area contributed by atoms with Crippen LogP contribution < -0.4 is 11.1 Å². The van der Waals surface area contributed by atoms with Gasteiger partial charge in [-0.15, -0.1) is 0 Å². The molecule has 0 saturated carbocycles. The molecule has 0 radical (unpaired) electrons. The number of nitrogens with one attached hydrogen (secondary N) is 1. The fourth-order valence-corrected chi connectivity index (χ4v) is 1.91. The summed E-state index contributed by atoms with van der Waals surface area (Å²) in [4.78, 5) is 0. The summed E-state index contributed by atoms with van der Waals surface area (Å²) in [7, 11) is 0. The molecule has 0 amide bonds. The van der Waals surface area contributed by atoms with Gasteiger partial charge in [0.1, 0.15) is 0 Å². The third-order valence-corrected chi connectivity index (χ3v) is 2.93. The molecule has 3 N–H and O–H groups in total. The van der Waals surface area contributed by atoms with Gasteiger partial charge >= 0.3 is 6.18 Å². The Hall–Kier alpha value is -2.68. The Morgan fingerprint density at radius 2 is 1.86 bits per heavy atom. The van der Waals surface area contributed by atoms with Crippen LogP contribution in [0.15, 0.2) is 36.4 Å². The van der Waals surface area contributed by atoms with Crippen LogP contribution in [0.4, 0.5) is 30.2 Å². The number of aryl methyl sites for hydroxylation is 1. The van der Waals surface area contributed by atoms with E-state index >= 15 is 0 Å². The number of anilines is 3. The van der Waals surface area contributed by atoms with Crippen LogP contribution in [0.25, 0.3) is 0 Å². The van der Waals surface area contributed by atoms with Crippen molar-refractivity contribution < 1.29 is 13.2 Å². The maximum Gasteiger partial charge on any atom is 0.417 e. The maximum absolute atomic E-state index is 12.9. The molecule has 2 aromatic carbocycles. The molecule has 6 heteroatoms. The zero-order chi connectivity index (χ0) is 15.6. The predicted octanol–water partition coefficient (Wildman–Crippen LogP) is 4.21. The minimum atomic E-state index is -4.58. The fourth-order valence-electron chi connectivity index (χ4n) is 1.91. The van der Waals surface area contributed by atoms with Crippen LogP contribution in [0.3, 0.4) is 0 Å². The molecule has 0 aromatic heterocycles. The lowest BCUT2D eigenvalue weighted by atomic mass is 10.1. The van der Waals surface area contributed by atoms with E-state index in [9.17, 15) is 13.2 Å². The number of rotatable bonds is 2. The van der Waals surface area contributed by atoms with E-state index in [0.717, 1.165) is 17.7 Å². The Morgan fingerprint density at radius 3 is 2.43 bits per heavy atom. The number of hydrogen-bond donors (Lipinski definition) is 2. The van der Waals surface area contributed by atoms with E-state index in [0.29, 0.717) is 11.4 Å². The molecule has 0 heterocycles. The first-order valence-corrected chi connectivity index (χ1v) is 6.06. The molecule has 3 nitrogen and oxygen atoms in total. The van der Waals surface area contributed by atoms with E-state index in [4.69, 9.17) is 11.0 Å². The van der Waals surface area contributed by atoms with Gasteiger partial charge in [-0.05, 0) is 42.8 Å². The van der Waals surface area contributed by atoms with Gasteiger partial charge in [0.15, 0.2) is 0 Å². The number of hydrogen-bond acceptors (Lipinski definition) is 3. The lowest BCUT2D eigenvalue weighted by Crippen LogP contribution is -2.08. The van der Waals surface area contributed by atoms with Crippen LogP contribution in [0, 0.1) is 18.3 Å². The van der Waals surface area contributed by atoms with Crippen molar-refractivity contribution in [2.24, 2.45) is 0 Å². The van der Waals surface area contributed by atoms with Gasteiger partial charge in [-0.2, -0.15) is 18.4 Å². The van der Waals surface area contributed by atoms with Crippen molar-refractivity contribution in [3.8, 4) is 6.07 Å². The van der Waals surface area contributed by atoms with Gasteiger partial charge in [-0.1, -0.05) is 6.07 Å². The normalized spacial score (nSPS) is 11.0. The number of alkyl halides is 3. The van der Waals surface area contributed by atoms with Crippen LogP contribution in [-0.4, -0.2) is 0 Å². The van der Waals surface area contributed by atoms with Gasteiger partial charge in [-0.25, -0.2) is 0 Å². The highest BCUT2D eigenvalue weighted by Crippen LogP contribution is 2.34. The Morgan fingerprint density at radius 1 is 1.14 bits per heavy atom. The minimum absolute atomic E-state index is 0.219. The molecular formula is C15H12F3N3. The topological polar surface area (TPSA) is 61.8 Å². The highest BCUT2D eigenvalue weighted by atomic mass is 19.4. The molecule has 0 saturated heterocycles. The molecule has 0 aliphatic carbocycles. The zero-order valence-electron chi connectivity index (χ0n) is 11.1. The van der Waals surface area contributed by atoms with E-state index in [1.807, 2.05) is 6.92 Å². The largest absolute Gasteiger partial charge is 0.417 e. The number of nitrogens with two attached hydrogens (primary N) is 1. The molecule has 0 fully saturated rings. The summed E-state index contributed by atoms with van der Waals surface area (Å²) < 4.78 is 38.6. The molecule has 0 aliphatic rings. The van der Waals surface area contributed by atoms with E-state index < -0.39 is 17.3 Å². The van der Waals surface area contributed by atoms with Gasteiger partial charge < -0.3 is 11.1 Å². The van der Waals surface area contributed by atoms with Crippen molar-refractivity contribution in [2.75, 3.05) is 11.1 Å². The van der Waals surface area contributed by atoms with Crippen LogP contribution >= 0.6 is 0 Å². The average molecular weight is 291 g/mol. The summed E-state index contributed by atoms with van der Waals surface area (Å²) in [6.45, 7) is 1.86. The maximum atomic E-state index is 12.9. The molecular weight excluding hydrogens is 279 g/mol. The summed E-state index contributed by atoms with van der Waals surface area (Å²) in [5, 5.41) is 11.6. The lowest BCUT2D eigenvalue weighted by Gasteiger charge is -2.13. The van der Waals surface area contributed by atoms with Crippen molar-refractivity contribution >= 4 is 17.1 Å². The second-order valence-corrected chi connectivity index (χ2v) is 4.59. The molecule has 2 rings (SSSR count). The van der Waals surface area contributed by atoms with Crippen molar-refractivity contribution in [1.29, 1.82) is 5.26 Å². The first kappa shape index (κ1) is 14.7. The SMILES string of the molecule is Cc1ccc(Nc2ccc(C#N)c(C(F)(F)F)c2)c(N)c1. The van der Waals surface area contributed by atoms with Crippen LogP contribution in [-0.2, 0) is 6.18 Å². The van der Waals surface area contributed by atoms with E-state index in [-0.39, 0.29) is 5.69 Å². The highest BCUT2D eigenvalue weighted by molar-refractivity contribution is 5.73. The first-order chi connectivity index (χ1) is 9.81.